The van der Waals surface area contributed by atoms with Gasteiger partial charge in [0.15, 0.2) is 0 Å². The smallest absolute Gasteiger partial charge is 0.266 e. The normalized spacial score (nSPS) is 22.7. The molecule has 0 saturated heterocycles. The molecule has 130 valence electrons. The number of para-hydroxylation sites is 1. The van der Waals surface area contributed by atoms with Gasteiger partial charge in [-0.25, -0.2) is 17.6 Å². The molecule has 0 radical (unpaired) electrons. The second kappa shape index (κ2) is 5.96. The fourth-order valence-corrected chi connectivity index (χ4v) is 4.78. The molecular weight excluding hydrogens is 342 g/mol. The van der Waals surface area contributed by atoms with Gasteiger partial charge in [-0.1, -0.05) is 36.4 Å². The molecule has 0 bridgehead atoms. The van der Waals surface area contributed by atoms with Crippen molar-refractivity contribution < 1.29 is 22.9 Å². The third kappa shape index (κ3) is 2.39. The molecule has 2 heterocycles. The zero-order chi connectivity index (χ0) is 17.6. The lowest BCUT2D eigenvalue weighted by molar-refractivity contribution is -0.380. The molecule has 0 aromatic heterocycles. The number of nitrogens with zero attached hydrogens (tertiary/aromatic N) is 1. The van der Waals surface area contributed by atoms with Crippen molar-refractivity contribution in [3.05, 3.63) is 65.7 Å². The van der Waals surface area contributed by atoms with E-state index in [-0.39, 0.29) is 4.90 Å². The summed E-state index contributed by atoms with van der Waals surface area (Å²) < 4.78 is 33.0. The predicted molar refractivity (Wildman–Crippen MR) is 91.9 cm³/mol. The number of hydrogen-bond donors (Lipinski definition) is 0. The van der Waals surface area contributed by atoms with Crippen LogP contribution in [0.5, 0.6) is 0 Å². The number of rotatable bonds is 3. The van der Waals surface area contributed by atoms with Gasteiger partial charge in [0.25, 0.3) is 10.0 Å². The maximum absolute atomic E-state index is 13.2. The van der Waals surface area contributed by atoms with Gasteiger partial charge in [0, 0.05) is 18.2 Å². The maximum atomic E-state index is 13.2. The van der Waals surface area contributed by atoms with Crippen LogP contribution in [0.4, 0.5) is 5.69 Å². The van der Waals surface area contributed by atoms with Gasteiger partial charge < -0.3 is 4.74 Å². The highest BCUT2D eigenvalue weighted by atomic mass is 32.2. The number of methoxy groups -OCH3 is 1. The number of hydrogen-bond acceptors (Lipinski definition) is 5. The average molecular weight is 359 g/mol. The summed E-state index contributed by atoms with van der Waals surface area (Å²) in [7, 11) is -2.31. The van der Waals surface area contributed by atoms with E-state index in [1.165, 1.54) is 11.4 Å². The van der Waals surface area contributed by atoms with Crippen molar-refractivity contribution in [1.82, 2.24) is 0 Å². The van der Waals surface area contributed by atoms with Gasteiger partial charge in [-0.15, -0.1) is 0 Å². The van der Waals surface area contributed by atoms with Crippen LogP contribution >= 0.6 is 0 Å². The molecule has 0 aliphatic carbocycles. The Hall–Kier alpha value is -2.19. The summed E-state index contributed by atoms with van der Waals surface area (Å²) in [6.45, 7) is 1.86. The van der Waals surface area contributed by atoms with Crippen molar-refractivity contribution in [3.8, 4) is 0 Å². The number of fused-ring (bicyclic) bond motifs is 3. The lowest BCUT2D eigenvalue weighted by Crippen LogP contribution is -2.42. The third-order valence-corrected chi connectivity index (χ3v) is 6.19. The quantitative estimate of drug-likeness (QED) is 0.789. The fourth-order valence-electron chi connectivity index (χ4n) is 3.24. The molecule has 0 fully saturated rings. The minimum atomic E-state index is -3.82. The minimum Gasteiger partial charge on any atom is -0.350 e. The maximum Gasteiger partial charge on any atom is 0.266 e. The monoisotopic (exact) mass is 359 g/mol. The molecule has 0 spiro atoms. The second-order valence-corrected chi connectivity index (χ2v) is 7.66. The Kier molecular flexibility index (Phi) is 3.88. The summed E-state index contributed by atoms with van der Waals surface area (Å²) in [5.74, 6) is 0. The van der Waals surface area contributed by atoms with E-state index >= 15 is 0 Å². The Morgan fingerprint density at radius 1 is 1.00 bits per heavy atom. The topological polar surface area (TPSA) is 65.1 Å². The summed E-state index contributed by atoms with van der Waals surface area (Å²) in [6, 6.07) is 15.6. The summed E-state index contributed by atoms with van der Waals surface area (Å²) in [5.41, 5.74) is 2.91. The van der Waals surface area contributed by atoms with E-state index in [0.717, 1.165) is 16.7 Å². The highest BCUT2D eigenvalue weighted by Crippen LogP contribution is 2.47. The second-order valence-electron chi connectivity index (χ2n) is 5.84. The molecule has 7 heteroatoms. The van der Waals surface area contributed by atoms with Gasteiger partial charge in [-0.3, -0.25) is 0 Å². The summed E-state index contributed by atoms with van der Waals surface area (Å²) in [6.07, 6.45) is -1.55. The van der Waals surface area contributed by atoms with Crippen LogP contribution in [0.1, 0.15) is 12.5 Å². The first-order valence-electron chi connectivity index (χ1n) is 7.80. The standard InChI is InChI=1S/C18H17NO5S/c1-12-16-14-10-6-7-11-15(14)19(17(16)23-24-18(12)22-2)25(20,21)13-8-4-3-5-9-13/h3-11,17-18H,1-2H3/t17-,18-/m1/s1. The molecule has 0 amide bonds. The van der Waals surface area contributed by atoms with Crippen LogP contribution in [-0.4, -0.2) is 28.0 Å². The van der Waals surface area contributed by atoms with Crippen molar-refractivity contribution >= 4 is 21.3 Å². The van der Waals surface area contributed by atoms with Gasteiger partial charge in [0.1, 0.15) is 0 Å². The molecule has 2 aromatic carbocycles. The Balaban J connectivity index is 1.93. The molecule has 4 rings (SSSR count). The zero-order valence-corrected chi connectivity index (χ0v) is 14.6. The third-order valence-electron chi connectivity index (χ3n) is 4.42. The van der Waals surface area contributed by atoms with Crippen molar-refractivity contribution in [1.29, 1.82) is 0 Å². The lowest BCUT2D eigenvalue weighted by atomic mass is 10.0. The predicted octanol–water partition coefficient (Wildman–Crippen LogP) is 2.93. The Labute approximate surface area is 146 Å². The largest absolute Gasteiger partial charge is 0.350 e. The molecule has 25 heavy (non-hydrogen) atoms. The molecule has 2 aliphatic rings. The van der Waals surface area contributed by atoms with Crippen LogP contribution in [-0.2, 0) is 24.5 Å². The molecular formula is C18H17NO5S. The molecule has 2 atom stereocenters. The van der Waals surface area contributed by atoms with Gasteiger partial charge in [-0.2, -0.15) is 4.89 Å². The molecule has 0 N–H and O–H groups in total. The van der Waals surface area contributed by atoms with Crippen molar-refractivity contribution in [3.63, 3.8) is 0 Å². The van der Waals surface area contributed by atoms with Gasteiger partial charge in [-0.05, 0) is 30.7 Å². The number of anilines is 1. The van der Waals surface area contributed by atoms with Crippen LogP contribution in [0.25, 0.3) is 5.57 Å². The first kappa shape index (κ1) is 16.3. The average Bonchev–Trinajstić information content (AvgIpc) is 2.98. The number of benzene rings is 2. The Morgan fingerprint density at radius 3 is 2.40 bits per heavy atom. The van der Waals surface area contributed by atoms with Gasteiger partial charge in [0.2, 0.25) is 12.5 Å². The first-order chi connectivity index (χ1) is 12.1. The van der Waals surface area contributed by atoms with Crippen LogP contribution in [0, 0.1) is 0 Å². The lowest BCUT2D eigenvalue weighted by Gasteiger charge is -2.32. The van der Waals surface area contributed by atoms with E-state index in [2.05, 4.69) is 0 Å². The van der Waals surface area contributed by atoms with Crippen LogP contribution < -0.4 is 4.31 Å². The molecule has 0 saturated carbocycles. The highest BCUT2D eigenvalue weighted by molar-refractivity contribution is 7.93. The first-order valence-corrected chi connectivity index (χ1v) is 9.24. The number of sulfonamides is 1. The van der Waals surface area contributed by atoms with E-state index in [0.29, 0.717) is 5.69 Å². The van der Waals surface area contributed by atoms with E-state index in [1.807, 2.05) is 19.1 Å². The van der Waals surface area contributed by atoms with E-state index < -0.39 is 22.5 Å². The van der Waals surface area contributed by atoms with Crippen LogP contribution in [0.2, 0.25) is 0 Å². The van der Waals surface area contributed by atoms with E-state index in [1.54, 1.807) is 42.5 Å². The minimum absolute atomic E-state index is 0.196. The van der Waals surface area contributed by atoms with Crippen molar-refractivity contribution in [2.24, 2.45) is 0 Å². The van der Waals surface area contributed by atoms with Crippen molar-refractivity contribution in [2.45, 2.75) is 24.3 Å². The van der Waals surface area contributed by atoms with Gasteiger partial charge >= 0.3 is 0 Å². The molecule has 0 unspecified atom stereocenters. The number of ether oxygens (including phenoxy) is 1. The molecule has 6 nitrogen and oxygen atoms in total. The molecule has 2 aliphatic heterocycles. The Morgan fingerprint density at radius 2 is 1.68 bits per heavy atom. The van der Waals surface area contributed by atoms with Crippen molar-refractivity contribution in [2.75, 3.05) is 11.4 Å². The zero-order valence-electron chi connectivity index (χ0n) is 13.7. The van der Waals surface area contributed by atoms with Crippen LogP contribution in [0.15, 0.2) is 65.1 Å². The Bertz CT molecular complexity index is 939. The SMILES string of the molecule is CO[C@@H]1OO[C@@H]2C(=C1C)c1ccccc1N2S(=O)(=O)c1ccccc1. The fraction of sp³-hybridized carbons (Fsp3) is 0.222. The van der Waals surface area contributed by atoms with E-state index in [9.17, 15) is 8.42 Å². The van der Waals surface area contributed by atoms with Gasteiger partial charge in [0.05, 0.1) is 10.6 Å². The van der Waals surface area contributed by atoms with Crippen LogP contribution in [0.3, 0.4) is 0 Å². The highest BCUT2D eigenvalue weighted by Gasteiger charge is 2.47. The molecule has 2 aromatic rings. The van der Waals surface area contributed by atoms with E-state index in [4.69, 9.17) is 14.5 Å². The summed E-state index contributed by atoms with van der Waals surface area (Å²) >= 11 is 0. The summed E-state index contributed by atoms with van der Waals surface area (Å²) in [4.78, 5) is 10.9. The summed E-state index contributed by atoms with van der Waals surface area (Å²) in [5, 5.41) is 0.